The second kappa shape index (κ2) is 10.0. The lowest BCUT2D eigenvalue weighted by Crippen LogP contribution is -2.23. The van der Waals surface area contributed by atoms with Crippen LogP contribution in [-0.2, 0) is 0 Å². The smallest absolute Gasteiger partial charge is 0.196 e. The van der Waals surface area contributed by atoms with Gasteiger partial charge >= 0.3 is 0 Å². The van der Waals surface area contributed by atoms with Crippen molar-refractivity contribution in [3.8, 4) is 11.8 Å². The predicted molar refractivity (Wildman–Crippen MR) is 173 cm³/mol. The number of allylic oxidation sites excluding steroid dienone is 3. The highest BCUT2D eigenvalue weighted by Gasteiger charge is 2.34. The zero-order valence-corrected chi connectivity index (χ0v) is 23.0. The number of aromatic nitrogens is 1. The molecule has 5 aromatic carbocycles. The summed E-state index contributed by atoms with van der Waals surface area (Å²) in [5.41, 5.74) is 5.86. The number of para-hydroxylation sites is 2. The van der Waals surface area contributed by atoms with E-state index in [4.69, 9.17) is 6.57 Å². The Balaban J connectivity index is 1.41. The van der Waals surface area contributed by atoms with Gasteiger partial charge in [0.05, 0.1) is 29.0 Å². The SMILES string of the molecule is [C-]#[N+]C1=CC(c2ccc(-n3c4ccccc4c4ccccc43)cc2)=CC(C#N)=P1(c1ccccc1)c1ccccc1. The van der Waals surface area contributed by atoms with Crippen LogP contribution in [0.4, 0.5) is 0 Å². The molecule has 1 aromatic heterocycles. The van der Waals surface area contributed by atoms with Crippen molar-refractivity contribution in [3.05, 3.63) is 168 Å². The fourth-order valence-electron chi connectivity index (χ4n) is 6.02. The highest BCUT2D eigenvalue weighted by Crippen LogP contribution is 2.58. The predicted octanol–water partition coefficient (Wildman–Crippen LogP) is 8.31. The number of benzene rings is 5. The van der Waals surface area contributed by atoms with Crippen LogP contribution in [0.5, 0.6) is 0 Å². The number of hydrogen-bond acceptors (Lipinski definition) is 1. The van der Waals surface area contributed by atoms with Crippen LogP contribution in [0.25, 0.3) is 37.9 Å². The molecule has 0 spiro atoms. The van der Waals surface area contributed by atoms with E-state index >= 15 is 0 Å². The maximum atomic E-state index is 10.6. The standard InChI is InChI=1S/C37H24N3P/c1-39-37-25-28(24-32(26-38)41(37,30-12-4-2-5-13-30)31-14-6-3-7-15-31)27-20-22-29(23-21-27)40-35-18-10-8-16-33(35)34-17-9-11-19-36(34)40/h2-25H. The van der Waals surface area contributed by atoms with Gasteiger partial charge in [0.25, 0.3) is 0 Å². The van der Waals surface area contributed by atoms with Crippen LogP contribution >= 0.6 is 6.89 Å². The first-order valence-corrected chi connectivity index (χ1v) is 15.2. The van der Waals surface area contributed by atoms with Crippen LogP contribution in [0.1, 0.15) is 5.56 Å². The van der Waals surface area contributed by atoms with E-state index in [0.29, 0.717) is 10.7 Å². The maximum absolute atomic E-state index is 10.6. The third-order valence-electron chi connectivity index (χ3n) is 7.84. The molecule has 0 saturated carbocycles. The van der Waals surface area contributed by atoms with Crippen LogP contribution in [0.2, 0.25) is 0 Å². The number of nitrogens with zero attached hydrogens (tertiary/aromatic N) is 3. The van der Waals surface area contributed by atoms with Crippen LogP contribution in [0.3, 0.4) is 0 Å². The van der Waals surface area contributed by atoms with Gasteiger partial charge in [-0.2, -0.15) is 5.26 Å². The minimum atomic E-state index is -2.60. The Bertz CT molecular complexity index is 2050. The van der Waals surface area contributed by atoms with Gasteiger partial charge in [0.1, 0.15) is 0 Å². The second-order valence-corrected chi connectivity index (χ2v) is 13.3. The zero-order chi connectivity index (χ0) is 27.8. The molecule has 0 aliphatic carbocycles. The summed E-state index contributed by atoms with van der Waals surface area (Å²) in [6, 6.07) is 48.0. The average molecular weight is 542 g/mol. The van der Waals surface area contributed by atoms with Gasteiger partial charge in [-0.1, -0.05) is 109 Å². The maximum Gasteiger partial charge on any atom is 0.196 e. The normalized spacial score (nSPS) is 14.2. The van der Waals surface area contributed by atoms with E-state index in [-0.39, 0.29) is 0 Å². The van der Waals surface area contributed by atoms with Gasteiger partial charge in [-0.3, -0.25) is 0 Å². The first-order valence-electron chi connectivity index (χ1n) is 13.4. The molecule has 1 aliphatic heterocycles. The number of nitriles is 1. The van der Waals surface area contributed by atoms with Crippen molar-refractivity contribution in [1.82, 2.24) is 4.57 Å². The first-order chi connectivity index (χ1) is 20.3. The van der Waals surface area contributed by atoms with Gasteiger partial charge in [-0.15, -0.1) is 0 Å². The molecule has 0 N–H and O–H groups in total. The molecule has 41 heavy (non-hydrogen) atoms. The minimum Gasteiger partial charge on any atom is -0.309 e. The summed E-state index contributed by atoms with van der Waals surface area (Å²) in [5, 5.41) is 15.7. The van der Waals surface area contributed by atoms with Crippen LogP contribution in [0.15, 0.2) is 151 Å². The quantitative estimate of drug-likeness (QED) is 0.163. The number of hydrogen-bond donors (Lipinski definition) is 0. The molecule has 3 nitrogen and oxygen atoms in total. The Kier molecular flexibility index (Phi) is 6.02. The number of rotatable bonds is 4. The van der Waals surface area contributed by atoms with Gasteiger partial charge in [0, 0.05) is 23.3 Å². The summed E-state index contributed by atoms with van der Waals surface area (Å²) in [7, 11) is 0. The van der Waals surface area contributed by atoms with E-state index < -0.39 is 6.89 Å². The molecular formula is C37H24N3P. The largest absolute Gasteiger partial charge is 0.309 e. The highest BCUT2D eigenvalue weighted by atomic mass is 31.2. The van der Waals surface area contributed by atoms with Crippen LogP contribution < -0.4 is 10.6 Å². The molecule has 0 fully saturated rings. The third-order valence-corrected chi connectivity index (χ3v) is 11.9. The first kappa shape index (κ1) is 24.7. The van der Waals surface area contributed by atoms with Crippen molar-refractivity contribution >= 4 is 50.2 Å². The molecule has 0 atom stereocenters. The summed E-state index contributed by atoms with van der Waals surface area (Å²) in [4.78, 5) is 4.10. The third kappa shape index (κ3) is 3.80. The van der Waals surface area contributed by atoms with Gasteiger partial charge < -0.3 is 4.57 Å². The minimum absolute atomic E-state index is 0.621. The fourth-order valence-corrected chi connectivity index (χ4v) is 9.86. The van der Waals surface area contributed by atoms with Crippen LogP contribution in [0, 0.1) is 17.9 Å². The Morgan fingerprint density at radius 2 is 1.12 bits per heavy atom. The summed E-state index contributed by atoms with van der Waals surface area (Å²) in [5.74, 6) is 0. The topological polar surface area (TPSA) is 33.1 Å². The van der Waals surface area contributed by atoms with Gasteiger partial charge in [-0.25, -0.2) is 4.85 Å². The lowest BCUT2D eigenvalue weighted by Gasteiger charge is -2.31. The van der Waals surface area contributed by atoms with E-state index in [9.17, 15) is 5.26 Å². The Morgan fingerprint density at radius 1 is 0.610 bits per heavy atom. The lowest BCUT2D eigenvalue weighted by atomic mass is 10.0. The molecular weight excluding hydrogens is 517 g/mol. The molecule has 0 bridgehead atoms. The fraction of sp³-hybridized carbons (Fsp3) is 0. The molecule has 0 unspecified atom stereocenters. The molecule has 192 valence electrons. The van der Waals surface area contributed by atoms with E-state index in [1.807, 2.05) is 48.6 Å². The molecule has 7 rings (SSSR count). The van der Waals surface area contributed by atoms with Crippen molar-refractivity contribution in [1.29, 1.82) is 5.26 Å². The van der Waals surface area contributed by atoms with E-state index in [1.54, 1.807) is 0 Å². The van der Waals surface area contributed by atoms with Gasteiger partial charge in [-0.05, 0) is 58.2 Å². The summed E-state index contributed by atoms with van der Waals surface area (Å²) in [6.45, 7) is 5.69. The van der Waals surface area contributed by atoms with E-state index in [1.165, 1.54) is 10.8 Å². The van der Waals surface area contributed by atoms with Crippen molar-refractivity contribution in [2.75, 3.05) is 0 Å². The van der Waals surface area contributed by atoms with Crippen molar-refractivity contribution in [2.24, 2.45) is 0 Å². The molecule has 1 aliphatic rings. The molecule has 2 heterocycles. The van der Waals surface area contributed by atoms with Crippen molar-refractivity contribution in [2.45, 2.75) is 0 Å². The van der Waals surface area contributed by atoms with E-state index in [0.717, 1.165) is 38.5 Å². The molecule has 0 radical (unpaired) electrons. The Hall–Kier alpha value is -5.34. The summed E-state index contributed by atoms with van der Waals surface area (Å²) in [6.07, 6.45) is 4.00. The monoisotopic (exact) mass is 541 g/mol. The number of fused-ring (bicyclic) bond motifs is 3. The molecule has 0 saturated heterocycles. The second-order valence-electron chi connectivity index (χ2n) is 9.97. The van der Waals surface area contributed by atoms with Crippen molar-refractivity contribution in [3.63, 3.8) is 0 Å². The van der Waals surface area contributed by atoms with E-state index in [2.05, 4.69) is 113 Å². The molecule has 4 heteroatoms. The summed E-state index contributed by atoms with van der Waals surface area (Å²) >= 11 is 0. The van der Waals surface area contributed by atoms with Crippen LogP contribution in [-0.4, -0.2) is 9.86 Å². The summed E-state index contributed by atoms with van der Waals surface area (Å²) < 4.78 is 2.29. The van der Waals surface area contributed by atoms with Gasteiger partial charge in [0.15, 0.2) is 5.44 Å². The molecule has 0 amide bonds. The Morgan fingerprint density at radius 3 is 1.63 bits per heavy atom. The molecule has 6 aromatic rings. The highest BCUT2D eigenvalue weighted by molar-refractivity contribution is 7.93. The van der Waals surface area contributed by atoms with Gasteiger partial charge in [0.2, 0.25) is 0 Å². The Labute approximate surface area is 239 Å². The van der Waals surface area contributed by atoms with Crippen molar-refractivity contribution < 1.29 is 0 Å². The zero-order valence-electron chi connectivity index (χ0n) is 22.1. The average Bonchev–Trinajstić information content (AvgIpc) is 3.39. The lowest BCUT2D eigenvalue weighted by molar-refractivity contribution is 1.18.